The van der Waals surface area contributed by atoms with Gasteiger partial charge < -0.3 is 5.11 Å². The van der Waals surface area contributed by atoms with Crippen molar-refractivity contribution >= 4 is 11.0 Å². The van der Waals surface area contributed by atoms with Gasteiger partial charge in [0.15, 0.2) is 0 Å². The molecular weight excluding hydrogens is 262 g/mol. The van der Waals surface area contributed by atoms with E-state index in [0.29, 0.717) is 16.6 Å². The number of nitrogens with zero attached hydrogens (tertiary/aromatic N) is 2. The molecule has 0 bridgehead atoms. The Morgan fingerprint density at radius 3 is 2.60 bits per heavy atom. The van der Waals surface area contributed by atoms with Crippen molar-refractivity contribution in [3.8, 4) is 0 Å². The summed E-state index contributed by atoms with van der Waals surface area (Å²) in [5.74, 6) is -1.27. The van der Waals surface area contributed by atoms with Gasteiger partial charge in [-0.2, -0.15) is 0 Å². The first-order chi connectivity index (χ1) is 9.66. The molecule has 2 aromatic carbocycles. The largest absolute Gasteiger partial charge is 0.383 e. The third kappa shape index (κ3) is 2.12. The van der Waals surface area contributed by atoms with Crippen LogP contribution in [0.3, 0.4) is 0 Å². The highest BCUT2D eigenvalue weighted by Gasteiger charge is 2.18. The van der Waals surface area contributed by atoms with E-state index in [4.69, 9.17) is 0 Å². The van der Waals surface area contributed by atoms with E-state index in [9.17, 15) is 13.9 Å². The molecule has 1 N–H and O–H groups in total. The Morgan fingerprint density at radius 2 is 1.75 bits per heavy atom. The molecule has 0 aliphatic rings. The lowest BCUT2D eigenvalue weighted by atomic mass is 9.99. The Bertz CT molecular complexity index is 771. The van der Waals surface area contributed by atoms with E-state index in [1.807, 2.05) is 0 Å². The summed E-state index contributed by atoms with van der Waals surface area (Å²) in [6, 6.07) is 8.02. The van der Waals surface area contributed by atoms with Crippen LogP contribution in [-0.4, -0.2) is 15.1 Å². The number of rotatable bonds is 2. The van der Waals surface area contributed by atoms with Crippen molar-refractivity contribution < 1.29 is 13.9 Å². The number of aliphatic hydroxyl groups is 1. The number of hydrogen-bond donors (Lipinski definition) is 1. The zero-order chi connectivity index (χ0) is 14.1. The number of para-hydroxylation sites is 1. The number of halogens is 2. The second kappa shape index (κ2) is 4.94. The fraction of sp³-hybridized carbons (Fsp3) is 0.0667. The number of aromatic nitrogens is 2. The Labute approximate surface area is 113 Å². The summed E-state index contributed by atoms with van der Waals surface area (Å²) < 4.78 is 27.0. The molecular formula is C15H10F2N2O. The van der Waals surface area contributed by atoms with Gasteiger partial charge in [0.2, 0.25) is 0 Å². The molecule has 0 saturated heterocycles. The van der Waals surface area contributed by atoms with Crippen LogP contribution in [0.15, 0.2) is 48.8 Å². The molecule has 0 amide bonds. The molecule has 20 heavy (non-hydrogen) atoms. The van der Waals surface area contributed by atoms with Crippen molar-refractivity contribution in [3.63, 3.8) is 0 Å². The molecule has 0 saturated carbocycles. The van der Waals surface area contributed by atoms with Crippen LogP contribution in [0.5, 0.6) is 0 Å². The van der Waals surface area contributed by atoms with Crippen LogP contribution in [0.1, 0.15) is 17.2 Å². The number of benzene rings is 2. The van der Waals surface area contributed by atoms with Gasteiger partial charge in [-0.25, -0.2) is 8.78 Å². The third-order valence-corrected chi connectivity index (χ3v) is 3.08. The lowest BCUT2D eigenvalue weighted by Crippen LogP contribution is -2.05. The normalized spacial score (nSPS) is 12.6. The average molecular weight is 272 g/mol. The molecule has 0 aliphatic carbocycles. The van der Waals surface area contributed by atoms with Crippen molar-refractivity contribution in [2.24, 2.45) is 0 Å². The summed E-state index contributed by atoms with van der Waals surface area (Å²) in [7, 11) is 0. The molecule has 1 atom stereocenters. The fourth-order valence-corrected chi connectivity index (χ4v) is 2.13. The summed E-state index contributed by atoms with van der Waals surface area (Å²) in [5.41, 5.74) is 1.32. The predicted molar refractivity (Wildman–Crippen MR) is 70.0 cm³/mol. The zero-order valence-corrected chi connectivity index (χ0v) is 10.3. The molecule has 0 fully saturated rings. The van der Waals surface area contributed by atoms with Gasteiger partial charge in [-0.3, -0.25) is 9.97 Å². The standard InChI is InChI=1S/C15H10F2N2O/c16-9-4-5-12(17)11(8-9)15(20)10-2-1-3-13-14(10)19-7-6-18-13/h1-8,15,20H. The molecule has 100 valence electrons. The topological polar surface area (TPSA) is 46.0 Å². The van der Waals surface area contributed by atoms with Crippen molar-refractivity contribution in [3.05, 3.63) is 71.6 Å². The first-order valence-corrected chi connectivity index (χ1v) is 5.99. The van der Waals surface area contributed by atoms with Crippen LogP contribution in [0.2, 0.25) is 0 Å². The Morgan fingerprint density at radius 1 is 0.950 bits per heavy atom. The van der Waals surface area contributed by atoms with Gasteiger partial charge in [-0.1, -0.05) is 12.1 Å². The molecule has 3 aromatic rings. The summed E-state index contributed by atoms with van der Waals surface area (Å²) in [5, 5.41) is 10.3. The molecule has 0 radical (unpaired) electrons. The fourth-order valence-electron chi connectivity index (χ4n) is 2.13. The Balaban J connectivity index is 2.17. The monoisotopic (exact) mass is 272 g/mol. The van der Waals surface area contributed by atoms with Crippen molar-refractivity contribution in [1.82, 2.24) is 9.97 Å². The third-order valence-electron chi connectivity index (χ3n) is 3.08. The maximum atomic E-state index is 13.7. The molecule has 1 unspecified atom stereocenters. The predicted octanol–water partition coefficient (Wildman–Crippen LogP) is 2.99. The SMILES string of the molecule is OC(c1cc(F)ccc1F)c1cccc2nccnc12. The van der Waals surface area contributed by atoms with E-state index < -0.39 is 17.7 Å². The number of fused-ring (bicyclic) bond motifs is 1. The van der Waals surface area contributed by atoms with Gasteiger partial charge in [0.25, 0.3) is 0 Å². The van der Waals surface area contributed by atoms with Gasteiger partial charge in [0.1, 0.15) is 17.7 Å². The van der Waals surface area contributed by atoms with Gasteiger partial charge in [0.05, 0.1) is 11.0 Å². The lowest BCUT2D eigenvalue weighted by Gasteiger charge is -2.14. The smallest absolute Gasteiger partial charge is 0.129 e. The van der Waals surface area contributed by atoms with Gasteiger partial charge in [-0.15, -0.1) is 0 Å². The van der Waals surface area contributed by atoms with Crippen LogP contribution < -0.4 is 0 Å². The van der Waals surface area contributed by atoms with E-state index in [2.05, 4.69) is 9.97 Å². The summed E-state index contributed by atoms with van der Waals surface area (Å²) >= 11 is 0. The summed E-state index contributed by atoms with van der Waals surface area (Å²) in [6.07, 6.45) is 1.72. The van der Waals surface area contributed by atoms with E-state index in [0.717, 1.165) is 18.2 Å². The van der Waals surface area contributed by atoms with Gasteiger partial charge in [0, 0.05) is 23.5 Å². The van der Waals surface area contributed by atoms with Crippen molar-refractivity contribution in [2.75, 3.05) is 0 Å². The van der Waals surface area contributed by atoms with Crippen LogP contribution in [0.4, 0.5) is 8.78 Å². The Hall–Kier alpha value is -2.40. The summed E-state index contributed by atoms with van der Waals surface area (Å²) in [6.45, 7) is 0. The maximum Gasteiger partial charge on any atom is 0.129 e. The highest BCUT2D eigenvalue weighted by molar-refractivity contribution is 5.78. The summed E-state index contributed by atoms with van der Waals surface area (Å²) in [4.78, 5) is 8.26. The molecule has 1 aromatic heterocycles. The molecule has 3 rings (SSSR count). The van der Waals surface area contributed by atoms with Gasteiger partial charge >= 0.3 is 0 Å². The molecule has 0 spiro atoms. The average Bonchev–Trinajstić information content (AvgIpc) is 2.48. The van der Waals surface area contributed by atoms with E-state index >= 15 is 0 Å². The van der Waals surface area contributed by atoms with Crippen LogP contribution in [0, 0.1) is 11.6 Å². The number of hydrogen-bond acceptors (Lipinski definition) is 3. The van der Waals surface area contributed by atoms with Crippen LogP contribution >= 0.6 is 0 Å². The minimum atomic E-state index is -1.30. The molecule has 3 nitrogen and oxygen atoms in total. The van der Waals surface area contributed by atoms with Crippen LogP contribution in [0.25, 0.3) is 11.0 Å². The van der Waals surface area contributed by atoms with Gasteiger partial charge in [-0.05, 0) is 24.3 Å². The quantitative estimate of drug-likeness (QED) is 0.780. The molecule has 1 heterocycles. The second-order valence-electron chi connectivity index (χ2n) is 4.34. The lowest BCUT2D eigenvalue weighted by molar-refractivity contribution is 0.215. The first-order valence-electron chi connectivity index (χ1n) is 5.99. The van der Waals surface area contributed by atoms with Crippen molar-refractivity contribution in [2.45, 2.75) is 6.10 Å². The van der Waals surface area contributed by atoms with Crippen molar-refractivity contribution in [1.29, 1.82) is 0 Å². The maximum absolute atomic E-state index is 13.7. The highest BCUT2D eigenvalue weighted by Crippen LogP contribution is 2.28. The van der Waals surface area contributed by atoms with E-state index in [1.165, 1.54) is 12.4 Å². The second-order valence-corrected chi connectivity index (χ2v) is 4.34. The Kier molecular flexibility index (Phi) is 3.12. The van der Waals surface area contributed by atoms with E-state index in [1.54, 1.807) is 18.2 Å². The highest BCUT2D eigenvalue weighted by atomic mass is 19.1. The number of aliphatic hydroxyl groups excluding tert-OH is 1. The van der Waals surface area contributed by atoms with Crippen LogP contribution in [-0.2, 0) is 0 Å². The minimum absolute atomic E-state index is 0.122. The first kappa shape index (κ1) is 12.6. The molecule has 0 aliphatic heterocycles. The zero-order valence-electron chi connectivity index (χ0n) is 10.3. The molecule has 5 heteroatoms. The minimum Gasteiger partial charge on any atom is -0.383 e. The van der Waals surface area contributed by atoms with E-state index in [-0.39, 0.29) is 5.56 Å².